The zero-order valence-electron chi connectivity index (χ0n) is 32.3. The zero-order chi connectivity index (χ0) is 38.3. The van der Waals surface area contributed by atoms with E-state index < -0.39 is 13.5 Å². The number of nitrogens with zero attached hydrogens (tertiary/aromatic N) is 1. The van der Waals surface area contributed by atoms with Crippen LogP contribution in [0, 0.1) is 13.8 Å². The number of fused-ring (bicyclic) bond motifs is 20. The van der Waals surface area contributed by atoms with Crippen LogP contribution in [0.2, 0.25) is 0 Å². The fourth-order valence-electron chi connectivity index (χ4n) is 11.4. The minimum Gasteiger partial charge on any atom is -0.456 e. The first-order chi connectivity index (χ1) is 28.6. The molecule has 2 spiro atoms. The molecule has 4 aliphatic heterocycles. The maximum Gasteiger partial charge on any atom is 0.182 e. The van der Waals surface area contributed by atoms with Crippen LogP contribution in [0.5, 0.6) is 11.5 Å². The fraction of sp³-hybridized carbons (Fsp3) is 0.0545. The summed E-state index contributed by atoms with van der Waals surface area (Å²) in [6.45, 7) is 4.50. The molecule has 0 saturated carbocycles. The molecule has 0 bridgehead atoms. The summed E-state index contributed by atoms with van der Waals surface area (Å²) < 4.78 is 6.96. The van der Waals surface area contributed by atoms with Crippen LogP contribution in [-0.2, 0) is 5.41 Å². The molecule has 13 rings (SSSR count). The van der Waals surface area contributed by atoms with Crippen LogP contribution in [0.1, 0.15) is 33.4 Å². The molecule has 9 aromatic carbocycles. The lowest BCUT2D eigenvalue weighted by Crippen LogP contribution is -2.70. The minimum atomic E-state index is -2.70. The summed E-state index contributed by atoms with van der Waals surface area (Å²) in [5, 5.41) is 8.30. The number of para-hydroxylation sites is 3. The first-order valence-electron chi connectivity index (χ1n) is 20.3. The number of hydrogen-bond donors (Lipinski definition) is 0. The van der Waals surface area contributed by atoms with Crippen molar-refractivity contribution >= 4 is 56.7 Å². The van der Waals surface area contributed by atoms with Gasteiger partial charge in [-0.15, -0.1) is 0 Å². The standard InChI is InChI=1S/C55H37NOSi/c1-34-23-27-40-41-28-24-35(2)32-52(41)58(51(40)31-34)50-22-12-5-15-39(50)42-29-26-37(33-53(42)58)56-47-19-9-6-16-43(47)55(44-17-7-10-20-48(44)56)45-18-8-11-21-49(45)57-54-38-14-4-3-13-36(38)25-30-46(54)55/h3-33H,1-2H3. The molecule has 0 aliphatic carbocycles. The maximum atomic E-state index is 6.96. The van der Waals surface area contributed by atoms with Crippen LogP contribution in [0.15, 0.2) is 188 Å². The summed E-state index contributed by atoms with van der Waals surface area (Å²) in [5.41, 5.74) is 15.9. The number of benzene rings is 9. The van der Waals surface area contributed by atoms with Gasteiger partial charge in [-0.05, 0) is 104 Å². The summed E-state index contributed by atoms with van der Waals surface area (Å²) >= 11 is 0. The maximum absolute atomic E-state index is 6.96. The Bertz CT molecular complexity index is 3170. The monoisotopic (exact) mass is 755 g/mol. The average molecular weight is 756 g/mol. The third kappa shape index (κ3) is 3.83. The highest BCUT2D eigenvalue weighted by Crippen LogP contribution is 2.63. The molecule has 0 fully saturated rings. The molecule has 272 valence electrons. The summed E-state index contributed by atoms with van der Waals surface area (Å²) in [6.07, 6.45) is 0. The van der Waals surface area contributed by atoms with Crippen LogP contribution < -0.4 is 30.4 Å². The highest BCUT2D eigenvalue weighted by atomic mass is 28.3. The second-order valence-electron chi connectivity index (χ2n) is 16.5. The predicted molar refractivity (Wildman–Crippen MR) is 242 cm³/mol. The van der Waals surface area contributed by atoms with Gasteiger partial charge in [-0.2, -0.15) is 0 Å². The van der Waals surface area contributed by atoms with Gasteiger partial charge in [0, 0.05) is 22.2 Å². The van der Waals surface area contributed by atoms with E-state index in [1.54, 1.807) is 0 Å². The Morgan fingerprint density at radius 2 is 0.983 bits per heavy atom. The van der Waals surface area contributed by atoms with Gasteiger partial charge in [0.25, 0.3) is 0 Å². The summed E-state index contributed by atoms with van der Waals surface area (Å²) in [7, 11) is -2.70. The molecule has 3 heteroatoms. The topological polar surface area (TPSA) is 12.5 Å². The van der Waals surface area contributed by atoms with E-state index in [-0.39, 0.29) is 0 Å². The van der Waals surface area contributed by atoms with Crippen LogP contribution in [-0.4, -0.2) is 8.07 Å². The van der Waals surface area contributed by atoms with E-state index in [4.69, 9.17) is 4.74 Å². The van der Waals surface area contributed by atoms with Crippen molar-refractivity contribution in [3.05, 3.63) is 221 Å². The molecular formula is C55H37NOSi. The second kappa shape index (κ2) is 11.3. The van der Waals surface area contributed by atoms with Crippen molar-refractivity contribution < 1.29 is 4.74 Å². The van der Waals surface area contributed by atoms with Gasteiger partial charge in [0.1, 0.15) is 11.5 Å². The second-order valence-corrected chi connectivity index (χ2v) is 20.2. The lowest BCUT2D eigenvalue weighted by molar-refractivity contribution is 0.439. The normalized spacial score (nSPS) is 15.1. The minimum absolute atomic E-state index is 0.612. The zero-order valence-corrected chi connectivity index (χ0v) is 33.3. The molecular weight excluding hydrogens is 719 g/mol. The van der Waals surface area contributed by atoms with Crippen LogP contribution in [0.25, 0.3) is 33.0 Å². The fourth-order valence-corrected chi connectivity index (χ4v) is 17.2. The number of rotatable bonds is 1. The molecule has 0 N–H and O–H groups in total. The molecule has 0 atom stereocenters. The average Bonchev–Trinajstić information content (AvgIpc) is 3.72. The Kier molecular flexibility index (Phi) is 6.29. The Morgan fingerprint density at radius 1 is 0.431 bits per heavy atom. The Morgan fingerprint density at radius 3 is 1.71 bits per heavy atom. The molecule has 0 amide bonds. The molecule has 9 aromatic rings. The van der Waals surface area contributed by atoms with E-state index in [0.29, 0.717) is 0 Å². The van der Waals surface area contributed by atoms with Crippen molar-refractivity contribution in [3.63, 3.8) is 0 Å². The highest BCUT2D eigenvalue weighted by Gasteiger charge is 2.55. The van der Waals surface area contributed by atoms with E-state index in [9.17, 15) is 0 Å². The van der Waals surface area contributed by atoms with Gasteiger partial charge in [0.2, 0.25) is 0 Å². The molecule has 0 saturated heterocycles. The summed E-state index contributed by atoms with van der Waals surface area (Å²) in [6, 6.07) is 71.1. The van der Waals surface area contributed by atoms with E-state index >= 15 is 0 Å². The first-order valence-corrected chi connectivity index (χ1v) is 22.3. The Balaban J connectivity index is 1.11. The molecule has 0 aromatic heterocycles. The van der Waals surface area contributed by atoms with E-state index in [2.05, 4.69) is 207 Å². The third-order valence-corrected chi connectivity index (χ3v) is 18.5. The number of aryl methyl sites for hydroxylation is 2. The molecule has 2 nitrogen and oxygen atoms in total. The Labute approximate surface area is 339 Å². The molecule has 4 heterocycles. The molecule has 4 aliphatic rings. The molecule has 0 unspecified atom stereocenters. The molecule has 0 radical (unpaired) electrons. The van der Waals surface area contributed by atoms with Crippen molar-refractivity contribution in [2.24, 2.45) is 0 Å². The van der Waals surface area contributed by atoms with Crippen molar-refractivity contribution in [1.29, 1.82) is 0 Å². The number of hydrogen-bond acceptors (Lipinski definition) is 2. The van der Waals surface area contributed by atoms with Crippen molar-refractivity contribution in [2.45, 2.75) is 19.3 Å². The van der Waals surface area contributed by atoms with Gasteiger partial charge in [0.15, 0.2) is 8.07 Å². The predicted octanol–water partition coefficient (Wildman–Crippen LogP) is 11.1. The summed E-state index contributed by atoms with van der Waals surface area (Å²) in [5.74, 6) is 1.83. The third-order valence-electron chi connectivity index (χ3n) is 13.6. The number of ether oxygens (including phenoxy) is 1. The lowest BCUT2D eigenvalue weighted by atomic mass is 9.61. The van der Waals surface area contributed by atoms with Gasteiger partial charge >= 0.3 is 0 Å². The van der Waals surface area contributed by atoms with Crippen LogP contribution in [0.4, 0.5) is 17.1 Å². The highest BCUT2D eigenvalue weighted by molar-refractivity contribution is 7.24. The lowest BCUT2D eigenvalue weighted by Gasteiger charge is -2.48. The molecule has 58 heavy (non-hydrogen) atoms. The van der Waals surface area contributed by atoms with Gasteiger partial charge in [-0.3, -0.25) is 0 Å². The number of anilines is 3. The van der Waals surface area contributed by atoms with E-state index in [0.717, 1.165) is 22.4 Å². The SMILES string of the molecule is Cc1ccc2c(c1)[Si]1(c3ccccc3-c3ccc(N4c5ccccc5C5(c6ccccc6Oc6c5ccc5ccccc65)c5ccccc54)cc31)c1cc(C)ccc1-2. The quantitative estimate of drug-likeness (QED) is 0.155. The van der Waals surface area contributed by atoms with Crippen molar-refractivity contribution in [3.8, 4) is 33.8 Å². The van der Waals surface area contributed by atoms with Gasteiger partial charge < -0.3 is 9.64 Å². The van der Waals surface area contributed by atoms with Gasteiger partial charge in [0.05, 0.1) is 16.8 Å². The van der Waals surface area contributed by atoms with Crippen molar-refractivity contribution in [2.75, 3.05) is 4.90 Å². The first kappa shape index (κ1) is 32.2. The van der Waals surface area contributed by atoms with E-state index in [1.165, 1.54) is 93.3 Å². The smallest absolute Gasteiger partial charge is 0.182 e. The van der Waals surface area contributed by atoms with E-state index in [1.807, 2.05) is 0 Å². The summed E-state index contributed by atoms with van der Waals surface area (Å²) in [4.78, 5) is 2.54. The van der Waals surface area contributed by atoms with Gasteiger partial charge in [-0.1, -0.05) is 169 Å². The van der Waals surface area contributed by atoms with Gasteiger partial charge in [-0.25, -0.2) is 0 Å². The van der Waals surface area contributed by atoms with Crippen LogP contribution >= 0.6 is 0 Å². The Hall–Kier alpha value is -6.94. The van der Waals surface area contributed by atoms with Crippen molar-refractivity contribution in [1.82, 2.24) is 0 Å². The largest absolute Gasteiger partial charge is 0.456 e. The van der Waals surface area contributed by atoms with Crippen LogP contribution in [0.3, 0.4) is 0 Å².